The van der Waals surface area contributed by atoms with E-state index in [1.54, 1.807) is 0 Å². The highest BCUT2D eigenvalue weighted by atomic mass is 16.5. The molecule has 21 heavy (non-hydrogen) atoms. The second-order valence-electron chi connectivity index (χ2n) is 5.30. The van der Waals surface area contributed by atoms with Crippen LogP contribution in [0.1, 0.15) is 11.1 Å². The van der Waals surface area contributed by atoms with E-state index in [0.717, 1.165) is 16.2 Å². The summed E-state index contributed by atoms with van der Waals surface area (Å²) in [5.41, 5.74) is 2.17. The Morgan fingerprint density at radius 1 is 0.905 bits per heavy atom. The van der Waals surface area contributed by atoms with Gasteiger partial charge in [-0.15, -0.1) is 0 Å². The Morgan fingerprint density at radius 2 is 1.43 bits per heavy atom. The van der Waals surface area contributed by atoms with Crippen LogP contribution in [-0.2, 0) is 17.6 Å². The average molecular weight is 282 g/mol. The number of amides is 1. The fourth-order valence-electron chi connectivity index (χ4n) is 2.67. The molecule has 0 aromatic heterocycles. The molecule has 2 atom stereocenters. The number of nitrogens with one attached hydrogen (secondary N) is 1. The second kappa shape index (κ2) is 6.08. The van der Waals surface area contributed by atoms with Gasteiger partial charge in [0.15, 0.2) is 0 Å². The molecule has 2 aromatic rings. The van der Waals surface area contributed by atoms with Crippen molar-refractivity contribution in [3.63, 3.8) is 0 Å². The lowest BCUT2D eigenvalue weighted by Gasteiger charge is -2.16. The topological polar surface area (TPSA) is 52.6 Å². The molecule has 0 aliphatic carbocycles. The maximum absolute atomic E-state index is 12.1. The van der Waals surface area contributed by atoms with Crippen molar-refractivity contribution in [1.29, 1.82) is 0 Å². The third-order valence-electron chi connectivity index (χ3n) is 3.77. The van der Waals surface area contributed by atoms with Crippen molar-refractivity contribution >= 4 is 5.91 Å². The molecule has 3 rings (SSSR count). The fraction of sp³-hybridized carbons (Fsp3) is 0.235. The zero-order valence-electron chi connectivity index (χ0n) is 11.6. The minimum Gasteiger partial charge on any atom is -0.284 e. The van der Waals surface area contributed by atoms with E-state index in [2.05, 4.69) is 5.32 Å². The Balaban J connectivity index is 1.67. The van der Waals surface area contributed by atoms with E-state index < -0.39 is 0 Å². The normalized spacial score (nSPS) is 21.8. The van der Waals surface area contributed by atoms with E-state index in [4.69, 9.17) is 0 Å². The predicted molar refractivity (Wildman–Crippen MR) is 79.6 cm³/mol. The summed E-state index contributed by atoms with van der Waals surface area (Å²) >= 11 is 0. The molecule has 4 heteroatoms. The van der Waals surface area contributed by atoms with Crippen LogP contribution in [-0.4, -0.2) is 28.4 Å². The lowest BCUT2D eigenvalue weighted by Crippen LogP contribution is -2.37. The first-order chi connectivity index (χ1) is 10.2. The van der Waals surface area contributed by atoms with Crippen molar-refractivity contribution in [2.75, 3.05) is 0 Å². The quantitative estimate of drug-likeness (QED) is 0.843. The van der Waals surface area contributed by atoms with Gasteiger partial charge in [0.05, 0.1) is 6.04 Å². The summed E-state index contributed by atoms with van der Waals surface area (Å²) in [6.45, 7) is 0. The lowest BCUT2D eigenvalue weighted by molar-refractivity contribution is -0.166. The van der Waals surface area contributed by atoms with Gasteiger partial charge in [-0.3, -0.25) is 15.3 Å². The highest BCUT2D eigenvalue weighted by Gasteiger charge is 2.38. The lowest BCUT2D eigenvalue weighted by atomic mass is 10.1. The SMILES string of the molecule is O=C1[C@H](Cc2ccccc2)N[C@@H](Cc2ccccc2)N1O. The molecular formula is C17H18N2O2. The Hall–Kier alpha value is -2.17. The summed E-state index contributed by atoms with van der Waals surface area (Å²) in [6.07, 6.45) is 0.810. The minimum atomic E-state index is -0.369. The van der Waals surface area contributed by atoms with E-state index >= 15 is 0 Å². The maximum Gasteiger partial charge on any atom is 0.264 e. The third-order valence-corrected chi connectivity index (χ3v) is 3.77. The molecule has 1 saturated heterocycles. The first-order valence-electron chi connectivity index (χ1n) is 7.10. The number of carbonyl (C=O) groups is 1. The van der Waals surface area contributed by atoms with E-state index in [-0.39, 0.29) is 18.1 Å². The van der Waals surface area contributed by atoms with Gasteiger partial charge in [0, 0.05) is 6.42 Å². The Labute approximate surface area is 124 Å². The molecular weight excluding hydrogens is 264 g/mol. The standard InChI is InChI=1S/C17H18N2O2/c20-17-15(11-13-7-3-1-4-8-13)18-16(19(17)21)12-14-9-5-2-6-10-14/h1-10,15-16,18,21H,11-12H2/t15-,16+/m0/s1. The molecule has 0 radical (unpaired) electrons. The van der Waals surface area contributed by atoms with Crippen LogP contribution in [0, 0.1) is 0 Å². The van der Waals surface area contributed by atoms with Gasteiger partial charge in [-0.2, -0.15) is 0 Å². The van der Waals surface area contributed by atoms with Crippen LogP contribution in [0.2, 0.25) is 0 Å². The minimum absolute atomic E-state index is 0.264. The van der Waals surface area contributed by atoms with Gasteiger partial charge >= 0.3 is 0 Å². The van der Waals surface area contributed by atoms with E-state index in [9.17, 15) is 10.0 Å². The van der Waals surface area contributed by atoms with E-state index in [0.29, 0.717) is 12.8 Å². The smallest absolute Gasteiger partial charge is 0.264 e. The van der Waals surface area contributed by atoms with Crippen LogP contribution in [0.5, 0.6) is 0 Å². The van der Waals surface area contributed by atoms with Crippen LogP contribution < -0.4 is 5.32 Å². The van der Waals surface area contributed by atoms with E-state index in [1.807, 2.05) is 60.7 Å². The number of nitrogens with zero attached hydrogens (tertiary/aromatic N) is 1. The van der Waals surface area contributed by atoms with Crippen molar-refractivity contribution < 1.29 is 10.0 Å². The van der Waals surface area contributed by atoms with Crippen LogP contribution in [0.3, 0.4) is 0 Å². The number of hydrogen-bond donors (Lipinski definition) is 2. The summed E-state index contributed by atoms with van der Waals surface area (Å²) in [5.74, 6) is -0.264. The van der Waals surface area contributed by atoms with Gasteiger partial charge in [0.2, 0.25) is 0 Å². The van der Waals surface area contributed by atoms with Gasteiger partial charge in [-0.05, 0) is 17.5 Å². The third kappa shape index (κ3) is 3.12. The molecule has 0 bridgehead atoms. The van der Waals surface area contributed by atoms with Crippen molar-refractivity contribution in [2.45, 2.75) is 25.0 Å². The molecule has 0 saturated carbocycles. The molecule has 4 nitrogen and oxygen atoms in total. The van der Waals surface area contributed by atoms with Gasteiger partial charge in [0.1, 0.15) is 6.17 Å². The summed E-state index contributed by atoms with van der Waals surface area (Å²) in [5, 5.41) is 14.0. The van der Waals surface area contributed by atoms with Crippen molar-refractivity contribution in [3.8, 4) is 0 Å². The average Bonchev–Trinajstić information content (AvgIpc) is 2.78. The molecule has 2 N–H and O–H groups in total. The molecule has 1 aliphatic rings. The van der Waals surface area contributed by atoms with Crippen LogP contribution in [0.15, 0.2) is 60.7 Å². The molecule has 1 amide bonds. The molecule has 1 heterocycles. The number of hydrogen-bond acceptors (Lipinski definition) is 3. The van der Waals surface area contributed by atoms with Crippen LogP contribution >= 0.6 is 0 Å². The molecule has 0 unspecified atom stereocenters. The summed E-state index contributed by atoms with van der Waals surface area (Å²) in [7, 11) is 0. The van der Waals surface area contributed by atoms with E-state index in [1.165, 1.54) is 0 Å². The number of hydroxylamine groups is 2. The fourth-order valence-corrected chi connectivity index (χ4v) is 2.67. The Morgan fingerprint density at radius 3 is 2.00 bits per heavy atom. The van der Waals surface area contributed by atoms with Crippen LogP contribution in [0.4, 0.5) is 0 Å². The summed E-state index contributed by atoms with van der Waals surface area (Å²) < 4.78 is 0. The monoisotopic (exact) mass is 282 g/mol. The molecule has 108 valence electrons. The zero-order valence-corrected chi connectivity index (χ0v) is 11.6. The molecule has 1 fully saturated rings. The van der Waals surface area contributed by atoms with Crippen LogP contribution in [0.25, 0.3) is 0 Å². The van der Waals surface area contributed by atoms with Gasteiger partial charge in [-0.1, -0.05) is 60.7 Å². The second-order valence-corrected chi connectivity index (χ2v) is 5.30. The zero-order chi connectivity index (χ0) is 14.7. The maximum atomic E-state index is 12.1. The Kier molecular flexibility index (Phi) is 3.99. The summed E-state index contributed by atoms with van der Waals surface area (Å²) in [6, 6.07) is 19.3. The van der Waals surface area contributed by atoms with Gasteiger partial charge < -0.3 is 0 Å². The van der Waals surface area contributed by atoms with Crippen molar-refractivity contribution in [2.24, 2.45) is 0 Å². The van der Waals surface area contributed by atoms with Gasteiger partial charge in [-0.25, -0.2) is 5.06 Å². The number of benzene rings is 2. The molecule has 0 spiro atoms. The Bertz CT molecular complexity index is 601. The highest BCUT2D eigenvalue weighted by molar-refractivity contribution is 5.83. The number of rotatable bonds is 4. The van der Waals surface area contributed by atoms with Crippen molar-refractivity contribution in [3.05, 3.63) is 71.8 Å². The summed E-state index contributed by atoms with van der Waals surface area (Å²) in [4.78, 5) is 12.1. The largest absolute Gasteiger partial charge is 0.284 e. The first kappa shape index (κ1) is 13.8. The molecule has 1 aliphatic heterocycles. The van der Waals surface area contributed by atoms with Gasteiger partial charge in [0.25, 0.3) is 5.91 Å². The first-order valence-corrected chi connectivity index (χ1v) is 7.10. The predicted octanol–water partition coefficient (Wildman–Crippen LogP) is 1.99. The van der Waals surface area contributed by atoms with Crippen molar-refractivity contribution in [1.82, 2.24) is 10.4 Å². The molecule has 2 aromatic carbocycles. The number of carbonyl (C=O) groups excluding carboxylic acids is 1. The highest BCUT2D eigenvalue weighted by Crippen LogP contribution is 2.16.